The quantitative estimate of drug-likeness (QED) is 0.779. The summed E-state index contributed by atoms with van der Waals surface area (Å²) < 4.78 is 33.3. The predicted molar refractivity (Wildman–Crippen MR) is 54.0 cm³/mol. The van der Waals surface area contributed by atoms with E-state index in [1.807, 2.05) is 0 Å². The lowest BCUT2D eigenvalue weighted by Gasteiger charge is -2.10. The first-order valence-corrected chi connectivity index (χ1v) is 4.64. The molecule has 0 aliphatic carbocycles. The number of carbonyl (C=O) groups excluding carboxylic acids is 1. The van der Waals surface area contributed by atoms with E-state index in [9.17, 15) is 13.6 Å². The molecule has 3 nitrogen and oxygen atoms in total. The zero-order chi connectivity index (χ0) is 12.1. The average Bonchev–Trinajstić information content (AvgIpc) is 2.16. The minimum atomic E-state index is -2.92. The van der Waals surface area contributed by atoms with Crippen LogP contribution in [-0.2, 0) is 11.2 Å². The second-order valence-corrected chi connectivity index (χ2v) is 3.24. The number of ketones is 1. The smallest absolute Gasteiger partial charge is 0.387 e. The number of rotatable bonds is 5. The number of halogens is 2. The van der Waals surface area contributed by atoms with E-state index >= 15 is 0 Å². The highest BCUT2D eigenvalue weighted by Gasteiger charge is 2.11. The van der Waals surface area contributed by atoms with Crippen molar-refractivity contribution in [1.29, 1.82) is 0 Å². The highest BCUT2D eigenvalue weighted by molar-refractivity contribution is 5.78. The van der Waals surface area contributed by atoms with Crippen molar-refractivity contribution in [2.24, 2.45) is 0 Å². The van der Waals surface area contributed by atoms with Gasteiger partial charge in [0, 0.05) is 6.42 Å². The molecular weight excluding hydrogens is 218 g/mol. The fourth-order valence-electron chi connectivity index (χ4n) is 1.31. The number of benzene rings is 1. The molecule has 0 amide bonds. The predicted octanol–water partition coefficient (Wildman–Crippen LogP) is 2.43. The minimum absolute atomic E-state index is 0.0480. The standard InChI is InChI=1S/C11H12F2O3/c1-7(14)5-8-3-4-9(15-2)10(6-8)16-11(12)13/h3-4,6,11H,5H2,1-2H3. The first kappa shape index (κ1) is 12.4. The minimum Gasteiger partial charge on any atom is -0.493 e. The van der Waals surface area contributed by atoms with Crippen LogP contribution in [0.5, 0.6) is 11.5 Å². The molecule has 0 radical (unpaired) electrons. The van der Waals surface area contributed by atoms with Gasteiger partial charge in [-0.25, -0.2) is 0 Å². The Morgan fingerprint density at radius 2 is 2.06 bits per heavy atom. The highest BCUT2D eigenvalue weighted by atomic mass is 19.3. The first-order chi connectivity index (χ1) is 7.52. The van der Waals surface area contributed by atoms with E-state index < -0.39 is 6.61 Å². The molecule has 0 fully saturated rings. The Morgan fingerprint density at radius 1 is 1.38 bits per heavy atom. The lowest BCUT2D eigenvalue weighted by Crippen LogP contribution is -2.05. The van der Waals surface area contributed by atoms with Crippen molar-refractivity contribution in [3.63, 3.8) is 0 Å². The fraction of sp³-hybridized carbons (Fsp3) is 0.364. The first-order valence-electron chi connectivity index (χ1n) is 4.64. The molecule has 0 aliphatic rings. The second-order valence-electron chi connectivity index (χ2n) is 3.24. The van der Waals surface area contributed by atoms with Crippen LogP contribution in [0, 0.1) is 0 Å². The number of methoxy groups -OCH3 is 1. The summed E-state index contributed by atoms with van der Waals surface area (Å²) in [4.78, 5) is 10.9. The van der Waals surface area contributed by atoms with Crippen LogP contribution in [0.4, 0.5) is 8.78 Å². The van der Waals surface area contributed by atoms with Crippen molar-refractivity contribution >= 4 is 5.78 Å². The number of ether oxygens (including phenoxy) is 2. The van der Waals surface area contributed by atoms with Crippen LogP contribution >= 0.6 is 0 Å². The van der Waals surface area contributed by atoms with Gasteiger partial charge >= 0.3 is 6.61 Å². The molecule has 0 bridgehead atoms. The molecule has 1 aromatic rings. The Bertz CT molecular complexity index is 377. The summed E-state index contributed by atoms with van der Waals surface area (Å²) in [7, 11) is 1.36. The summed E-state index contributed by atoms with van der Waals surface area (Å²) in [5, 5.41) is 0. The topological polar surface area (TPSA) is 35.5 Å². The third-order valence-electron chi connectivity index (χ3n) is 1.90. The van der Waals surface area contributed by atoms with Crippen LogP contribution in [0.15, 0.2) is 18.2 Å². The van der Waals surface area contributed by atoms with Gasteiger partial charge in [-0.2, -0.15) is 8.78 Å². The SMILES string of the molecule is COc1ccc(CC(C)=O)cc1OC(F)F. The van der Waals surface area contributed by atoms with Gasteiger partial charge in [0.1, 0.15) is 5.78 Å². The lowest BCUT2D eigenvalue weighted by molar-refractivity contribution is -0.116. The van der Waals surface area contributed by atoms with Gasteiger partial charge in [0.2, 0.25) is 0 Å². The summed E-state index contributed by atoms with van der Waals surface area (Å²) in [6, 6.07) is 4.51. The molecule has 1 rings (SSSR count). The number of hydrogen-bond donors (Lipinski definition) is 0. The molecule has 0 saturated carbocycles. The molecule has 0 N–H and O–H groups in total. The number of alkyl halides is 2. The van der Waals surface area contributed by atoms with E-state index in [4.69, 9.17) is 4.74 Å². The average molecular weight is 230 g/mol. The van der Waals surface area contributed by atoms with Crippen molar-refractivity contribution < 1.29 is 23.0 Å². The maximum atomic E-state index is 12.1. The van der Waals surface area contributed by atoms with Crippen LogP contribution in [0.1, 0.15) is 12.5 Å². The van der Waals surface area contributed by atoms with Crippen molar-refractivity contribution in [2.75, 3.05) is 7.11 Å². The summed E-state index contributed by atoms with van der Waals surface area (Å²) in [6.45, 7) is -1.49. The van der Waals surface area contributed by atoms with Crippen molar-refractivity contribution in [3.05, 3.63) is 23.8 Å². The van der Waals surface area contributed by atoms with E-state index in [0.29, 0.717) is 5.56 Å². The number of hydrogen-bond acceptors (Lipinski definition) is 3. The molecule has 0 aromatic heterocycles. The molecule has 0 atom stereocenters. The van der Waals surface area contributed by atoms with Gasteiger partial charge in [0.05, 0.1) is 7.11 Å². The monoisotopic (exact) mass is 230 g/mol. The summed E-state index contributed by atoms with van der Waals surface area (Å²) >= 11 is 0. The van der Waals surface area contributed by atoms with E-state index in [-0.39, 0.29) is 23.7 Å². The Hall–Kier alpha value is -1.65. The highest BCUT2D eigenvalue weighted by Crippen LogP contribution is 2.29. The van der Waals surface area contributed by atoms with Gasteiger partial charge in [0.15, 0.2) is 11.5 Å². The summed E-state index contributed by atoms with van der Waals surface area (Å²) in [5.41, 5.74) is 0.615. The zero-order valence-corrected chi connectivity index (χ0v) is 9.00. The van der Waals surface area contributed by atoms with E-state index in [1.165, 1.54) is 26.2 Å². The molecule has 0 unspecified atom stereocenters. The van der Waals surface area contributed by atoms with Gasteiger partial charge < -0.3 is 9.47 Å². The summed E-state index contributed by atoms with van der Waals surface area (Å²) in [6.07, 6.45) is 0.184. The number of Topliss-reactive ketones (excluding diaryl/α,β-unsaturated/α-hetero) is 1. The Kier molecular flexibility index (Phi) is 4.22. The third kappa shape index (κ3) is 3.49. The fourth-order valence-corrected chi connectivity index (χ4v) is 1.31. The van der Waals surface area contributed by atoms with E-state index in [2.05, 4.69) is 4.74 Å². The maximum Gasteiger partial charge on any atom is 0.387 e. The molecule has 16 heavy (non-hydrogen) atoms. The van der Waals surface area contributed by atoms with Crippen molar-refractivity contribution in [2.45, 2.75) is 20.0 Å². The Morgan fingerprint density at radius 3 is 2.56 bits per heavy atom. The zero-order valence-electron chi connectivity index (χ0n) is 9.00. The normalized spacial score (nSPS) is 10.3. The van der Waals surface area contributed by atoms with Crippen molar-refractivity contribution in [1.82, 2.24) is 0 Å². The molecule has 88 valence electrons. The second kappa shape index (κ2) is 5.44. The molecule has 1 aromatic carbocycles. The Balaban J connectivity index is 2.96. The molecule has 0 spiro atoms. The molecule has 5 heteroatoms. The van der Waals surface area contributed by atoms with Gasteiger partial charge in [-0.1, -0.05) is 6.07 Å². The van der Waals surface area contributed by atoms with E-state index in [0.717, 1.165) is 0 Å². The summed E-state index contributed by atoms with van der Waals surface area (Å²) in [5.74, 6) is 0.108. The molecule has 0 saturated heterocycles. The van der Waals surface area contributed by atoms with Crippen LogP contribution in [0.25, 0.3) is 0 Å². The van der Waals surface area contributed by atoms with Gasteiger partial charge in [-0.05, 0) is 24.6 Å². The van der Waals surface area contributed by atoms with Crippen LogP contribution in [-0.4, -0.2) is 19.5 Å². The van der Waals surface area contributed by atoms with Crippen molar-refractivity contribution in [3.8, 4) is 11.5 Å². The molecular formula is C11H12F2O3. The lowest BCUT2D eigenvalue weighted by atomic mass is 10.1. The number of carbonyl (C=O) groups is 1. The maximum absolute atomic E-state index is 12.1. The van der Waals surface area contributed by atoms with Crippen LogP contribution in [0.3, 0.4) is 0 Å². The van der Waals surface area contributed by atoms with Crippen LogP contribution < -0.4 is 9.47 Å². The molecule has 0 aliphatic heterocycles. The van der Waals surface area contributed by atoms with Gasteiger partial charge in [-0.3, -0.25) is 4.79 Å². The Labute approximate surface area is 92.0 Å². The van der Waals surface area contributed by atoms with Crippen LogP contribution in [0.2, 0.25) is 0 Å². The molecule has 0 heterocycles. The van der Waals surface area contributed by atoms with E-state index in [1.54, 1.807) is 6.07 Å². The largest absolute Gasteiger partial charge is 0.493 e. The van der Waals surface area contributed by atoms with Gasteiger partial charge in [-0.15, -0.1) is 0 Å². The van der Waals surface area contributed by atoms with Gasteiger partial charge in [0.25, 0.3) is 0 Å². The third-order valence-corrected chi connectivity index (χ3v) is 1.90.